The Kier molecular flexibility index (Phi) is 3.06. The van der Waals surface area contributed by atoms with Crippen LogP contribution in [0, 0.1) is 0 Å². The van der Waals surface area contributed by atoms with Gasteiger partial charge in [0.1, 0.15) is 5.75 Å². The van der Waals surface area contributed by atoms with E-state index in [0.29, 0.717) is 0 Å². The SMILES string of the molecule is Oc1cc(C(F)(F)F)cc(C(F)(F)F)c1S. The number of rotatable bonds is 0. The Morgan fingerprint density at radius 2 is 1.44 bits per heavy atom. The fraction of sp³-hybridized carbons (Fsp3) is 0.250. The smallest absolute Gasteiger partial charge is 0.417 e. The predicted octanol–water partition coefficient (Wildman–Crippen LogP) is 3.72. The quantitative estimate of drug-likeness (QED) is 0.539. The van der Waals surface area contributed by atoms with Crippen LogP contribution < -0.4 is 0 Å². The third-order valence-corrected chi connectivity index (χ3v) is 2.19. The Balaban J connectivity index is 3.46. The molecule has 8 heteroatoms. The van der Waals surface area contributed by atoms with Gasteiger partial charge in [-0.15, -0.1) is 12.6 Å². The molecule has 0 aliphatic carbocycles. The predicted molar refractivity (Wildman–Crippen MR) is 45.4 cm³/mol. The molecule has 1 nitrogen and oxygen atoms in total. The van der Waals surface area contributed by atoms with Crippen molar-refractivity contribution in [3.63, 3.8) is 0 Å². The molecule has 0 unspecified atom stereocenters. The van der Waals surface area contributed by atoms with Gasteiger partial charge in [0.2, 0.25) is 0 Å². The minimum absolute atomic E-state index is 0.0952. The van der Waals surface area contributed by atoms with Crippen LogP contribution in [0.2, 0.25) is 0 Å². The number of phenols is 1. The van der Waals surface area contributed by atoms with Gasteiger partial charge < -0.3 is 5.11 Å². The highest BCUT2D eigenvalue weighted by Gasteiger charge is 2.39. The molecule has 0 spiro atoms. The Morgan fingerprint density at radius 3 is 1.81 bits per heavy atom. The number of alkyl halides is 6. The maximum absolute atomic E-state index is 12.3. The van der Waals surface area contributed by atoms with E-state index < -0.39 is 34.1 Å². The highest BCUT2D eigenvalue weighted by Crippen LogP contribution is 2.42. The van der Waals surface area contributed by atoms with Crippen molar-refractivity contribution in [3.8, 4) is 5.75 Å². The lowest BCUT2D eigenvalue weighted by Gasteiger charge is -2.14. The molecule has 0 radical (unpaired) electrons. The van der Waals surface area contributed by atoms with Crippen molar-refractivity contribution in [1.29, 1.82) is 0 Å². The molecule has 0 heterocycles. The second-order valence-corrected chi connectivity index (χ2v) is 3.33. The fourth-order valence-electron chi connectivity index (χ4n) is 0.999. The lowest BCUT2D eigenvalue weighted by molar-refractivity contribution is -0.144. The summed E-state index contributed by atoms with van der Waals surface area (Å²) in [6, 6.07) is 0.0969. The summed E-state index contributed by atoms with van der Waals surface area (Å²) in [4.78, 5) is -0.930. The summed E-state index contributed by atoms with van der Waals surface area (Å²) in [5, 5.41) is 8.93. The van der Waals surface area contributed by atoms with Crippen molar-refractivity contribution in [2.45, 2.75) is 17.2 Å². The molecule has 90 valence electrons. The van der Waals surface area contributed by atoms with E-state index >= 15 is 0 Å². The maximum Gasteiger partial charge on any atom is 0.417 e. The molecule has 0 fully saturated rings. The summed E-state index contributed by atoms with van der Waals surface area (Å²) < 4.78 is 73.3. The van der Waals surface area contributed by atoms with Gasteiger partial charge in [0.05, 0.1) is 16.0 Å². The Labute approximate surface area is 91.1 Å². The number of hydrogen-bond donors (Lipinski definition) is 2. The van der Waals surface area contributed by atoms with Gasteiger partial charge in [0.15, 0.2) is 0 Å². The number of thiol groups is 1. The molecular formula is C8H4F6OS. The zero-order valence-corrected chi connectivity index (χ0v) is 8.21. The van der Waals surface area contributed by atoms with Gasteiger partial charge in [-0.25, -0.2) is 0 Å². The molecule has 0 aromatic heterocycles. The molecule has 0 atom stereocenters. The number of benzene rings is 1. The van der Waals surface area contributed by atoms with Crippen LogP contribution >= 0.6 is 12.6 Å². The zero-order chi connectivity index (χ0) is 12.7. The minimum atomic E-state index is -5.00. The van der Waals surface area contributed by atoms with Crippen molar-refractivity contribution >= 4 is 12.6 Å². The summed E-state index contributed by atoms with van der Waals surface area (Å²) in [5.41, 5.74) is -3.20. The van der Waals surface area contributed by atoms with Gasteiger partial charge >= 0.3 is 12.4 Å². The maximum atomic E-state index is 12.3. The van der Waals surface area contributed by atoms with Gasteiger partial charge in [-0.05, 0) is 12.1 Å². The van der Waals surface area contributed by atoms with E-state index in [9.17, 15) is 26.3 Å². The summed E-state index contributed by atoms with van der Waals surface area (Å²) in [6.07, 6.45) is -9.96. The van der Waals surface area contributed by atoms with E-state index in [-0.39, 0.29) is 12.1 Å². The first-order valence-corrected chi connectivity index (χ1v) is 4.18. The Bertz CT molecular complexity index is 408. The van der Waals surface area contributed by atoms with Crippen LogP contribution in [0.25, 0.3) is 0 Å². The van der Waals surface area contributed by atoms with Crippen LogP contribution in [0.15, 0.2) is 17.0 Å². The lowest BCUT2D eigenvalue weighted by atomic mass is 10.1. The van der Waals surface area contributed by atoms with Crippen molar-refractivity contribution in [2.24, 2.45) is 0 Å². The van der Waals surface area contributed by atoms with E-state index in [1.165, 1.54) is 0 Å². The van der Waals surface area contributed by atoms with Gasteiger partial charge in [0.25, 0.3) is 0 Å². The van der Waals surface area contributed by atoms with Gasteiger partial charge in [0, 0.05) is 0 Å². The molecule has 0 amide bonds. The molecule has 1 N–H and O–H groups in total. The standard InChI is InChI=1S/C8H4F6OS/c9-7(10,11)3-1-4(8(12,13)14)6(16)5(15)2-3/h1-2,15-16H. The van der Waals surface area contributed by atoms with Crippen molar-refractivity contribution in [1.82, 2.24) is 0 Å². The summed E-state index contributed by atoms with van der Waals surface area (Å²) in [6.45, 7) is 0. The van der Waals surface area contributed by atoms with Crippen LogP contribution in [0.4, 0.5) is 26.3 Å². The molecule has 16 heavy (non-hydrogen) atoms. The van der Waals surface area contributed by atoms with Gasteiger partial charge in [-0.2, -0.15) is 26.3 Å². The zero-order valence-electron chi connectivity index (χ0n) is 7.32. The summed E-state index contributed by atoms with van der Waals surface area (Å²) in [7, 11) is 0. The summed E-state index contributed by atoms with van der Waals surface area (Å²) in [5.74, 6) is -1.16. The fourth-order valence-corrected chi connectivity index (χ4v) is 1.25. The first kappa shape index (κ1) is 13.0. The average molecular weight is 262 g/mol. The van der Waals surface area contributed by atoms with Crippen LogP contribution in [-0.4, -0.2) is 5.11 Å². The topological polar surface area (TPSA) is 20.2 Å². The number of halogens is 6. The summed E-state index contributed by atoms with van der Waals surface area (Å²) >= 11 is 3.31. The second-order valence-electron chi connectivity index (χ2n) is 2.89. The van der Waals surface area contributed by atoms with Crippen LogP contribution in [0.1, 0.15) is 11.1 Å². The van der Waals surface area contributed by atoms with Crippen molar-refractivity contribution in [2.75, 3.05) is 0 Å². The van der Waals surface area contributed by atoms with Crippen molar-refractivity contribution < 1.29 is 31.4 Å². The first-order valence-electron chi connectivity index (χ1n) is 3.74. The molecule has 1 aromatic carbocycles. The van der Waals surface area contributed by atoms with Gasteiger partial charge in [-0.3, -0.25) is 0 Å². The third kappa shape index (κ3) is 2.55. The van der Waals surface area contributed by atoms with Crippen LogP contribution in [-0.2, 0) is 12.4 Å². The monoisotopic (exact) mass is 262 g/mol. The molecule has 0 saturated heterocycles. The molecule has 0 aliphatic heterocycles. The average Bonchev–Trinajstić information content (AvgIpc) is 2.05. The normalized spacial score (nSPS) is 12.9. The second kappa shape index (κ2) is 3.76. The van der Waals surface area contributed by atoms with E-state index in [1.807, 2.05) is 0 Å². The van der Waals surface area contributed by atoms with Crippen LogP contribution in [0.3, 0.4) is 0 Å². The molecule has 0 bridgehead atoms. The molecule has 1 rings (SSSR count). The Hall–Kier alpha value is -1.05. The molecule has 0 aliphatic rings. The van der Waals surface area contributed by atoms with E-state index in [4.69, 9.17) is 5.11 Å². The minimum Gasteiger partial charge on any atom is -0.507 e. The molecule has 1 aromatic rings. The Morgan fingerprint density at radius 1 is 0.938 bits per heavy atom. The van der Waals surface area contributed by atoms with E-state index in [0.717, 1.165) is 0 Å². The highest BCUT2D eigenvalue weighted by atomic mass is 32.1. The van der Waals surface area contributed by atoms with E-state index in [1.54, 1.807) is 0 Å². The highest BCUT2D eigenvalue weighted by molar-refractivity contribution is 7.80. The number of aromatic hydroxyl groups is 1. The largest absolute Gasteiger partial charge is 0.507 e. The third-order valence-electron chi connectivity index (χ3n) is 1.72. The van der Waals surface area contributed by atoms with E-state index in [2.05, 4.69) is 12.6 Å². The first-order chi connectivity index (χ1) is 7.03. The molecular weight excluding hydrogens is 258 g/mol. The lowest BCUT2D eigenvalue weighted by Crippen LogP contribution is -2.11. The number of hydrogen-bond acceptors (Lipinski definition) is 2. The van der Waals surface area contributed by atoms with Crippen LogP contribution in [0.5, 0.6) is 5.75 Å². The molecule has 0 saturated carbocycles. The van der Waals surface area contributed by atoms with Crippen molar-refractivity contribution in [3.05, 3.63) is 23.3 Å². The van der Waals surface area contributed by atoms with Gasteiger partial charge in [-0.1, -0.05) is 0 Å². The number of phenolic OH excluding ortho intramolecular Hbond substituents is 1.